The van der Waals surface area contributed by atoms with Gasteiger partial charge in [0, 0.05) is 24.8 Å². The molecular formula is C16H26ClN3O. The second-order valence-electron chi connectivity index (χ2n) is 5.70. The van der Waals surface area contributed by atoms with Crippen molar-refractivity contribution in [2.24, 2.45) is 0 Å². The number of hydrogen-bond acceptors (Lipinski definition) is 4. The molecule has 2 rings (SSSR count). The third-order valence-electron chi connectivity index (χ3n) is 4.02. The summed E-state index contributed by atoms with van der Waals surface area (Å²) in [6.07, 6.45) is 6.43. The van der Waals surface area contributed by atoms with E-state index in [0.29, 0.717) is 23.6 Å². The number of likely N-dealkylation sites (tertiary alicyclic amines) is 1. The fourth-order valence-electron chi connectivity index (χ4n) is 2.72. The Bertz CT molecular complexity index is 442. The summed E-state index contributed by atoms with van der Waals surface area (Å²) in [6.45, 7) is 5.82. The molecule has 1 unspecified atom stereocenters. The van der Waals surface area contributed by atoms with Crippen LogP contribution >= 0.6 is 11.6 Å². The Morgan fingerprint density at radius 2 is 2.38 bits per heavy atom. The van der Waals surface area contributed by atoms with Gasteiger partial charge in [0.25, 0.3) is 0 Å². The molecule has 0 aliphatic carbocycles. The molecule has 1 aromatic rings. The van der Waals surface area contributed by atoms with Crippen LogP contribution in [0.3, 0.4) is 0 Å². The SMILES string of the molecule is CCCNCc1cc(OCCC2CCCN2C)ncc1Cl. The Labute approximate surface area is 132 Å². The molecule has 1 aromatic heterocycles. The summed E-state index contributed by atoms with van der Waals surface area (Å²) < 4.78 is 5.79. The number of nitrogens with zero attached hydrogens (tertiary/aromatic N) is 2. The molecule has 0 bridgehead atoms. The van der Waals surface area contributed by atoms with Gasteiger partial charge in [0.05, 0.1) is 11.6 Å². The third-order valence-corrected chi connectivity index (χ3v) is 4.36. The number of rotatable bonds is 8. The van der Waals surface area contributed by atoms with Gasteiger partial charge in [0.15, 0.2) is 0 Å². The zero-order chi connectivity index (χ0) is 15.1. The summed E-state index contributed by atoms with van der Waals surface area (Å²) in [5, 5.41) is 4.05. The average Bonchev–Trinajstić information content (AvgIpc) is 2.88. The standard InChI is InChI=1S/C16H26ClN3O/c1-3-7-18-11-13-10-16(19-12-15(13)17)21-9-6-14-5-4-8-20(14)2/h10,12,14,18H,3-9,11H2,1-2H3. The smallest absolute Gasteiger partial charge is 0.213 e. The van der Waals surface area contributed by atoms with Crippen LogP contribution in [0.1, 0.15) is 38.2 Å². The van der Waals surface area contributed by atoms with Gasteiger partial charge in [-0.1, -0.05) is 18.5 Å². The van der Waals surface area contributed by atoms with E-state index >= 15 is 0 Å². The summed E-state index contributed by atoms with van der Waals surface area (Å²) in [4.78, 5) is 6.67. The maximum atomic E-state index is 6.17. The molecule has 0 radical (unpaired) electrons. The summed E-state index contributed by atoms with van der Waals surface area (Å²) in [5.74, 6) is 0.674. The van der Waals surface area contributed by atoms with Gasteiger partial charge < -0.3 is 15.0 Å². The van der Waals surface area contributed by atoms with Crippen molar-refractivity contribution < 1.29 is 4.74 Å². The van der Waals surface area contributed by atoms with E-state index in [-0.39, 0.29) is 0 Å². The average molecular weight is 312 g/mol. The minimum Gasteiger partial charge on any atom is -0.478 e. The maximum Gasteiger partial charge on any atom is 0.213 e. The normalized spacial score (nSPS) is 19.1. The molecule has 1 atom stereocenters. The molecule has 2 heterocycles. The Morgan fingerprint density at radius 1 is 1.52 bits per heavy atom. The zero-order valence-electron chi connectivity index (χ0n) is 13.1. The van der Waals surface area contributed by atoms with Crippen molar-refractivity contribution in [2.75, 3.05) is 26.7 Å². The van der Waals surface area contributed by atoms with Crippen molar-refractivity contribution in [3.05, 3.63) is 22.8 Å². The predicted molar refractivity (Wildman–Crippen MR) is 87.0 cm³/mol. The monoisotopic (exact) mass is 311 g/mol. The summed E-state index contributed by atoms with van der Waals surface area (Å²) in [7, 11) is 2.19. The van der Waals surface area contributed by atoms with E-state index in [9.17, 15) is 0 Å². The van der Waals surface area contributed by atoms with Crippen LogP contribution in [0.4, 0.5) is 0 Å². The van der Waals surface area contributed by atoms with Crippen molar-refractivity contribution in [2.45, 2.75) is 45.2 Å². The van der Waals surface area contributed by atoms with E-state index < -0.39 is 0 Å². The Hall–Kier alpha value is -0.840. The molecule has 0 amide bonds. The van der Waals surface area contributed by atoms with E-state index in [4.69, 9.17) is 16.3 Å². The first kappa shape index (κ1) is 16.5. The summed E-state index contributed by atoms with van der Waals surface area (Å²) in [5.41, 5.74) is 1.05. The molecule has 1 saturated heterocycles. The number of ether oxygens (including phenoxy) is 1. The van der Waals surface area contributed by atoms with Gasteiger partial charge >= 0.3 is 0 Å². The molecule has 4 nitrogen and oxygen atoms in total. The quantitative estimate of drug-likeness (QED) is 0.749. The van der Waals surface area contributed by atoms with E-state index in [0.717, 1.165) is 31.5 Å². The highest BCUT2D eigenvalue weighted by Crippen LogP contribution is 2.21. The van der Waals surface area contributed by atoms with Crippen LogP contribution in [0.2, 0.25) is 5.02 Å². The molecule has 5 heteroatoms. The van der Waals surface area contributed by atoms with Gasteiger partial charge in [-0.25, -0.2) is 4.98 Å². The molecule has 0 aromatic carbocycles. The molecule has 1 aliphatic heterocycles. The van der Waals surface area contributed by atoms with Crippen molar-refractivity contribution in [3.63, 3.8) is 0 Å². The second kappa shape index (κ2) is 8.57. The largest absolute Gasteiger partial charge is 0.478 e. The van der Waals surface area contributed by atoms with Crippen LogP contribution in [-0.4, -0.2) is 42.7 Å². The highest BCUT2D eigenvalue weighted by molar-refractivity contribution is 6.31. The fraction of sp³-hybridized carbons (Fsp3) is 0.688. The predicted octanol–water partition coefficient (Wildman–Crippen LogP) is 3.10. The van der Waals surface area contributed by atoms with Crippen LogP contribution in [0.15, 0.2) is 12.3 Å². The van der Waals surface area contributed by atoms with Crippen LogP contribution in [0.5, 0.6) is 5.88 Å². The summed E-state index contributed by atoms with van der Waals surface area (Å²) in [6, 6.07) is 2.60. The van der Waals surface area contributed by atoms with Gasteiger partial charge in [-0.05, 0) is 51.4 Å². The van der Waals surface area contributed by atoms with Crippen molar-refractivity contribution in [1.29, 1.82) is 0 Å². The number of halogens is 1. The highest BCUT2D eigenvalue weighted by atomic mass is 35.5. The molecule has 1 N–H and O–H groups in total. The van der Waals surface area contributed by atoms with Crippen molar-refractivity contribution >= 4 is 11.6 Å². The molecule has 118 valence electrons. The third kappa shape index (κ3) is 5.13. The number of hydrogen-bond donors (Lipinski definition) is 1. The molecular weight excluding hydrogens is 286 g/mol. The Balaban J connectivity index is 1.81. The molecule has 0 saturated carbocycles. The molecule has 1 fully saturated rings. The van der Waals surface area contributed by atoms with Gasteiger partial charge in [0.2, 0.25) is 5.88 Å². The van der Waals surface area contributed by atoms with Crippen molar-refractivity contribution in [1.82, 2.24) is 15.2 Å². The lowest BCUT2D eigenvalue weighted by atomic mass is 10.1. The first-order valence-corrected chi connectivity index (χ1v) is 8.26. The minimum absolute atomic E-state index is 0.656. The number of aromatic nitrogens is 1. The molecule has 0 spiro atoms. The van der Waals surface area contributed by atoms with Gasteiger partial charge in [-0.3, -0.25) is 0 Å². The van der Waals surface area contributed by atoms with Crippen LogP contribution in [0.25, 0.3) is 0 Å². The Morgan fingerprint density at radius 3 is 3.10 bits per heavy atom. The maximum absolute atomic E-state index is 6.17. The van der Waals surface area contributed by atoms with Crippen molar-refractivity contribution in [3.8, 4) is 5.88 Å². The van der Waals surface area contributed by atoms with Crippen LogP contribution in [-0.2, 0) is 6.54 Å². The van der Waals surface area contributed by atoms with Crippen LogP contribution in [0, 0.1) is 0 Å². The Kier molecular flexibility index (Phi) is 6.74. The molecule has 1 aliphatic rings. The second-order valence-corrected chi connectivity index (χ2v) is 6.11. The lowest BCUT2D eigenvalue weighted by Gasteiger charge is -2.19. The van der Waals surface area contributed by atoms with Gasteiger partial charge in [0.1, 0.15) is 0 Å². The number of pyridine rings is 1. The van der Waals surface area contributed by atoms with E-state index in [1.165, 1.54) is 19.4 Å². The van der Waals surface area contributed by atoms with Gasteiger partial charge in [-0.15, -0.1) is 0 Å². The van der Waals surface area contributed by atoms with E-state index in [1.807, 2.05) is 6.07 Å². The first-order valence-electron chi connectivity index (χ1n) is 7.89. The van der Waals surface area contributed by atoms with E-state index in [1.54, 1.807) is 6.20 Å². The fourth-order valence-corrected chi connectivity index (χ4v) is 2.89. The lowest BCUT2D eigenvalue weighted by Crippen LogP contribution is -2.26. The van der Waals surface area contributed by atoms with Crippen LogP contribution < -0.4 is 10.1 Å². The number of nitrogens with one attached hydrogen (secondary N) is 1. The van der Waals surface area contributed by atoms with Gasteiger partial charge in [-0.2, -0.15) is 0 Å². The highest BCUT2D eigenvalue weighted by Gasteiger charge is 2.20. The minimum atomic E-state index is 0.656. The zero-order valence-corrected chi connectivity index (χ0v) is 13.8. The van der Waals surface area contributed by atoms with E-state index in [2.05, 4.69) is 29.2 Å². The lowest BCUT2D eigenvalue weighted by molar-refractivity contribution is 0.228. The first-order chi connectivity index (χ1) is 10.2. The summed E-state index contributed by atoms with van der Waals surface area (Å²) >= 11 is 6.17. The molecule has 21 heavy (non-hydrogen) atoms. The topological polar surface area (TPSA) is 37.4 Å².